The summed E-state index contributed by atoms with van der Waals surface area (Å²) >= 11 is 0. The van der Waals surface area contributed by atoms with Gasteiger partial charge in [-0.05, 0) is 54.8 Å². The molecule has 2 aromatic heterocycles. The van der Waals surface area contributed by atoms with Crippen molar-refractivity contribution >= 4 is 11.6 Å². The fourth-order valence-corrected chi connectivity index (χ4v) is 5.06. The molecule has 1 atom stereocenters. The number of para-hydroxylation sites is 1. The minimum absolute atomic E-state index is 0.228. The van der Waals surface area contributed by atoms with Crippen LogP contribution in [0.1, 0.15) is 23.9 Å². The number of imidazole rings is 1. The number of nitrogens with two attached hydrogens (primary N) is 1. The molecule has 4 aromatic rings. The van der Waals surface area contributed by atoms with Crippen LogP contribution in [0.3, 0.4) is 0 Å². The average molecular weight is 426 g/mol. The molecule has 1 unspecified atom stereocenters. The summed E-state index contributed by atoms with van der Waals surface area (Å²) in [6.45, 7) is 1.94. The Morgan fingerprint density at radius 1 is 1.00 bits per heavy atom. The Balaban J connectivity index is 1.45. The monoisotopic (exact) mass is 426 g/mol. The first kappa shape index (κ1) is 19.0. The number of nitrogen functional groups attached to an aromatic ring is 1. The Hall–Kier alpha value is -3.74. The van der Waals surface area contributed by atoms with Gasteiger partial charge in [-0.15, -0.1) is 0 Å². The highest BCUT2D eigenvalue weighted by Gasteiger charge is 2.33. The first-order valence-electron chi connectivity index (χ1n) is 11.0. The maximum absolute atomic E-state index is 13.6. The number of hydrogen-bond acceptors (Lipinski definition) is 5. The summed E-state index contributed by atoms with van der Waals surface area (Å²) in [5, 5.41) is 0. The van der Waals surface area contributed by atoms with Gasteiger partial charge in [0.1, 0.15) is 11.6 Å². The standard InChI is InChI=1S/C25H23FN6/c26-18-7-5-17(6-8-18)23-24(20-11-13-28-25(27)29-20)32-19(9-10-22(32)30-23)15-31-14-12-16-3-1-2-4-21(16)31/h1-8,11,13,19H,9-10,12,14-15H2,(H2,27,28,29). The summed E-state index contributed by atoms with van der Waals surface area (Å²) in [6, 6.07) is 17.3. The van der Waals surface area contributed by atoms with Gasteiger partial charge in [-0.25, -0.2) is 19.3 Å². The lowest BCUT2D eigenvalue weighted by atomic mass is 10.1. The number of anilines is 2. The second-order valence-electron chi connectivity index (χ2n) is 8.42. The highest BCUT2D eigenvalue weighted by atomic mass is 19.1. The van der Waals surface area contributed by atoms with E-state index in [-0.39, 0.29) is 17.8 Å². The van der Waals surface area contributed by atoms with Crippen LogP contribution in [0.5, 0.6) is 0 Å². The number of benzene rings is 2. The number of rotatable bonds is 4. The van der Waals surface area contributed by atoms with Crippen molar-refractivity contribution in [1.29, 1.82) is 0 Å². The number of halogens is 1. The van der Waals surface area contributed by atoms with Gasteiger partial charge in [0.2, 0.25) is 5.95 Å². The highest BCUT2D eigenvalue weighted by molar-refractivity contribution is 5.78. The average Bonchev–Trinajstić information content (AvgIpc) is 3.49. The quantitative estimate of drug-likeness (QED) is 0.527. The Labute approximate surface area is 185 Å². The maximum Gasteiger partial charge on any atom is 0.220 e. The zero-order valence-electron chi connectivity index (χ0n) is 17.6. The lowest BCUT2D eigenvalue weighted by molar-refractivity contribution is 0.523. The summed E-state index contributed by atoms with van der Waals surface area (Å²) in [6.07, 6.45) is 4.68. The molecule has 2 aliphatic rings. The minimum atomic E-state index is -0.265. The predicted molar refractivity (Wildman–Crippen MR) is 123 cm³/mol. The normalized spacial score (nSPS) is 16.9. The summed E-state index contributed by atoms with van der Waals surface area (Å²) in [4.78, 5) is 16.0. The molecular weight excluding hydrogens is 403 g/mol. The minimum Gasteiger partial charge on any atom is -0.369 e. The first-order valence-corrected chi connectivity index (χ1v) is 11.0. The molecule has 0 bridgehead atoms. The lowest BCUT2D eigenvalue weighted by Gasteiger charge is -2.26. The number of nitrogens with zero attached hydrogens (tertiary/aromatic N) is 5. The maximum atomic E-state index is 13.6. The zero-order chi connectivity index (χ0) is 21.7. The van der Waals surface area contributed by atoms with Crippen LogP contribution in [-0.4, -0.2) is 32.6 Å². The molecule has 160 valence electrons. The Morgan fingerprint density at radius 2 is 1.84 bits per heavy atom. The summed E-state index contributed by atoms with van der Waals surface area (Å²) in [5.41, 5.74) is 12.0. The van der Waals surface area contributed by atoms with Crippen LogP contribution < -0.4 is 10.6 Å². The van der Waals surface area contributed by atoms with Gasteiger partial charge in [-0.2, -0.15) is 0 Å². The molecular formula is C25H23FN6. The SMILES string of the molecule is Nc1nccc(-c2c(-c3ccc(F)cc3)nc3n2C(CN2CCc4ccccc42)CC3)n1. The second kappa shape index (κ2) is 7.44. The topological polar surface area (TPSA) is 72.9 Å². The van der Waals surface area contributed by atoms with E-state index in [0.29, 0.717) is 0 Å². The second-order valence-corrected chi connectivity index (χ2v) is 8.42. The molecule has 0 saturated heterocycles. The van der Waals surface area contributed by atoms with Crippen LogP contribution in [-0.2, 0) is 12.8 Å². The molecule has 0 saturated carbocycles. The van der Waals surface area contributed by atoms with E-state index in [0.717, 1.165) is 60.8 Å². The lowest BCUT2D eigenvalue weighted by Crippen LogP contribution is -2.28. The molecule has 7 heteroatoms. The molecule has 2 N–H and O–H groups in total. The van der Waals surface area contributed by atoms with Crippen LogP contribution in [0, 0.1) is 5.82 Å². The molecule has 2 aromatic carbocycles. The molecule has 0 spiro atoms. The first-order chi connectivity index (χ1) is 15.7. The Bertz CT molecular complexity index is 1300. The van der Waals surface area contributed by atoms with E-state index in [1.165, 1.54) is 23.4 Å². The molecule has 0 radical (unpaired) electrons. The van der Waals surface area contributed by atoms with Gasteiger partial charge in [0.05, 0.1) is 23.1 Å². The number of hydrogen-bond donors (Lipinski definition) is 1. The van der Waals surface area contributed by atoms with Crippen molar-refractivity contribution in [2.75, 3.05) is 23.7 Å². The van der Waals surface area contributed by atoms with Crippen molar-refractivity contribution in [2.24, 2.45) is 0 Å². The largest absolute Gasteiger partial charge is 0.369 e. The van der Waals surface area contributed by atoms with E-state index in [4.69, 9.17) is 10.7 Å². The van der Waals surface area contributed by atoms with Crippen molar-refractivity contribution in [1.82, 2.24) is 19.5 Å². The molecule has 2 aliphatic heterocycles. The Kier molecular flexibility index (Phi) is 4.41. The van der Waals surface area contributed by atoms with E-state index in [2.05, 4.69) is 43.7 Å². The third-order valence-electron chi connectivity index (χ3n) is 6.50. The molecule has 0 aliphatic carbocycles. The molecule has 6 rings (SSSR count). The van der Waals surface area contributed by atoms with Gasteiger partial charge < -0.3 is 15.2 Å². The van der Waals surface area contributed by atoms with E-state index in [1.807, 2.05) is 6.07 Å². The van der Waals surface area contributed by atoms with Crippen LogP contribution in [0.4, 0.5) is 16.0 Å². The van der Waals surface area contributed by atoms with Gasteiger partial charge in [0, 0.05) is 37.0 Å². The van der Waals surface area contributed by atoms with Crippen molar-refractivity contribution in [2.45, 2.75) is 25.3 Å². The number of aromatic nitrogens is 4. The number of fused-ring (bicyclic) bond motifs is 2. The molecule has 32 heavy (non-hydrogen) atoms. The fraction of sp³-hybridized carbons (Fsp3) is 0.240. The van der Waals surface area contributed by atoms with Crippen LogP contribution >= 0.6 is 0 Å². The molecule has 0 fully saturated rings. The van der Waals surface area contributed by atoms with Crippen molar-refractivity contribution < 1.29 is 4.39 Å². The van der Waals surface area contributed by atoms with Crippen molar-refractivity contribution in [3.8, 4) is 22.6 Å². The van der Waals surface area contributed by atoms with Crippen molar-refractivity contribution in [3.05, 3.63) is 78.0 Å². The summed E-state index contributed by atoms with van der Waals surface area (Å²) in [5.74, 6) is 0.999. The van der Waals surface area contributed by atoms with E-state index in [9.17, 15) is 4.39 Å². The van der Waals surface area contributed by atoms with Gasteiger partial charge in [0.15, 0.2) is 0 Å². The third-order valence-corrected chi connectivity index (χ3v) is 6.50. The molecule has 4 heterocycles. The fourth-order valence-electron chi connectivity index (χ4n) is 5.06. The highest BCUT2D eigenvalue weighted by Crippen LogP contribution is 2.40. The van der Waals surface area contributed by atoms with E-state index in [1.54, 1.807) is 18.3 Å². The van der Waals surface area contributed by atoms with Gasteiger partial charge in [-0.1, -0.05) is 18.2 Å². The molecule has 6 nitrogen and oxygen atoms in total. The predicted octanol–water partition coefficient (Wildman–Crippen LogP) is 4.28. The smallest absolute Gasteiger partial charge is 0.220 e. The van der Waals surface area contributed by atoms with Crippen LogP contribution in [0.15, 0.2) is 60.8 Å². The van der Waals surface area contributed by atoms with Gasteiger partial charge in [-0.3, -0.25) is 0 Å². The zero-order valence-corrected chi connectivity index (χ0v) is 17.6. The van der Waals surface area contributed by atoms with Crippen LogP contribution in [0.25, 0.3) is 22.6 Å². The van der Waals surface area contributed by atoms with Gasteiger partial charge in [0.25, 0.3) is 0 Å². The van der Waals surface area contributed by atoms with E-state index >= 15 is 0 Å². The van der Waals surface area contributed by atoms with Crippen LogP contribution in [0.2, 0.25) is 0 Å². The third kappa shape index (κ3) is 3.12. The number of aryl methyl sites for hydroxylation is 1. The van der Waals surface area contributed by atoms with E-state index < -0.39 is 0 Å². The summed E-state index contributed by atoms with van der Waals surface area (Å²) in [7, 11) is 0. The van der Waals surface area contributed by atoms with Gasteiger partial charge >= 0.3 is 0 Å². The van der Waals surface area contributed by atoms with Crippen molar-refractivity contribution in [3.63, 3.8) is 0 Å². The Morgan fingerprint density at radius 3 is 2.69 bits per heavy atom. The molecule has 0 amide bonds. The summed E-state index contributed by atoms with van der Waals surface area (Å²) < 4.78 is 15.9.